The van der Waals surface area contributed by atoms with E-state index in [-0.39, 0.29) is 40.1 Å². The summed E-state index contributed by atoms with van der Waals surface area (Å²) in [5.74, 6) is -1.13. The topological polar surface area (TPSA) is 73.3 Å². The fourth-order valence-corrected chi connectivity index (χ4v) is 4.19. The van der Waals surface area contributed by atoms with Crippen molar-refractivity contribution in [2.45, 2.75) is 39.4 Å². The van der Waals surface area contributed by atoms with Gasteiger partial charge in [-0.1, -0.05) is 19.9 Å². The van der Waals surface area contributed by atoms with Crippen molar-refractivity contribution in [3.05, 3.63) is 51.9 Å². The highest BCUT2D eigenvalue weighted by molar-refractivity contribution is 5.87. The van der Waals surface area contributed by atoms with Gasteiger partial charge in [-0.25, -0.2) is 0 Å². The predicted octanol–water partition coefficient (Wildman–Crippen LogP) is 4.41. The van der Waals surface area contributed by atoms with E-state index in [2.05, 4.69) is 0 Å². The molecule has 0 aliphatic rings. The van der Waals surface area contributed by atoms with Gasteiger partial charge in [-0.15, -0.1) is 0 Å². The summed E-state index contributed by atoms with van der Waals surface area (Å²) in [7, 11) is 2.75. The van der Waals surface area contributed by atoms with Crippen LogP contribution in [-0.4, -0.2) is 32.4 Å². The number of phenolic OH excluding ortho intramolecular Hbond substituents is 1. The third kappa shape index (κ3) is 4.99. The van der Waals surface area contributed by atoms with E-state index in [4.69, 9.17) is 13.9 Å². The number of methoxy groups -OCH3 is 2. The third-order valence-electron chi connectivity index (χ3n) is 5.70. The van der Waals surface area contributed by atoms with Crippen LogP contribution in [-0.2, 0) is 12.7 Å². The van der Waals surface area contributed by atoms with Crippen LogP contribution in [0, 0.1) is 0 Å². The first-order valence-electron chi connectivity index (χ1n) is 11.1. The number of hydrogen-bond donors (Lipinski definition) is 2. The summed E-state index contributed by atoms with van der Waals surface area (Å²) < 4.78 is 58.2. The monoisotopic (exact) mass is 480 g/mol. The van der Waals surface area contributed by atoms with Gasteiger partial charge in [0.15, 0.2) is 17.1 Å². The molecule has 0 aliphatic heterocycles. The summed E-state index contributed by atoms with van der Waals surface area (Å²) in [6.07, 6.45) is -3.22. The molecular formula is C25H29F3NO5+. The number of aromatic hydroxyl groups is 1. The Balaban J connectivity index is 2.32. The van der Waals surface area contributed by atoms with Crippen LogP contribution in [0.25, 0.3) is 22.1 Å². The summed E-state index contributed by atoms with van der Waals surface area (Å²) in [6, 6.07) is 6.71. The molecular weight excluding hydrogens is 451 g/mol. The number of benzene rings is 2. The molecule has 2 aromatic carbocycles. The van der Waals surface area contributed by atoms with Crippen LogP contribution in [0.4, 0.5) is 13.2 Å². The van der Waals surface area contributed by atoms with Gasteiger partial charge >= 0.3 is 6.18 Å². The van der Waals surface area contributed by atoms with E-state index in [0.717, 1.165) is 30.8 Å². The lowest BCUT2D eigenvalue weighted by Gasteiger charge is -2.20. The first kappa shape index (κ1) is 25.4. The SMILES string of the molecule is CCC[NH+](CCC)Cc1c(O)ccc2c(=O)c(-c3ccc(OC)c(OC)c3)c(C(F)(F)F)oc12. The molecule has 0 spiro atoms. The van der Waals surface area contributed by atoms with Gasteiger partial charge in [-0.3, -0.25) is 4.79 Å². The standard InChI is InChI=1S/C25H28F3NO5/c1-5-11-29(12-6-2)14-17-18(30)9-8-16-22(31)21(24(25(26,27)28)34-23(16)17)15-7-10-19(32-3)20(13-15)33-4/h7-10,13,30H,5-6,11-12,14H2,1-4H3/p+1. The fraction of sp³-hybridized carbons (Fsp3) is 0.400. The molecule has 2 N–H and O–H groups in total. The Morgan fingerprint density at radius 2 is 1.65 bits per heavy atom. The number of halogens is 3. The molecule has 0 bridgehead atoms. The van der Waals surface area contributed by atoms with Gasteiger partial charge in [0.1, 0.15) is 12.3 Å². The molecule has 0 atom stereocenters. The van der Waals surface area contributed by atoms with Gasteiger partial charge in [0.25, 0.3) is 0 Å². The lowest BCUT2D eigenvalue weighted by molar-refractivity contribution is -0.913. The Morgan fingerprint density at radius 3 is 2.21 bits per heavy atom. The van der Waals surface area contributed by atoms with Crippen molar-refractivity contribution in [1.29, 1.82) is 0 Å². The Labute approximate surface area is 195 Å². The zero-order valence-corrected chi connectivity index (χ0v) is 19.6. The van der Waals surface area contributed by atoms with Crippen LogP contribution in [0.3, 0.4) is 0 Å². The van der Waals surface area contributed by atoms with Crippen molar-refractivity contribution in [1.82, 2.24) is 0 Å². The van der Waals surface area contributed by atoms with Crippen LogP contribution < -0.4 is 19.8 Å². The molecule has 0 unspecified atom stereocenters. The maximum absolute atomic E-state index is 14.1. The molecule has 1 heterocycles. The van der Waals surface area contributed by atoms with Crippen LogP contribution in [0.15, 0.2) is 39.5 Å². The number of quaternary nitrogens is 1. The molecule has 9 heteroatoms. The molecule has 6 nitrogen and oxygen atoms in total. The van der Waals surface area contributed by atoms with E-state index >= 15 is 0 Å². The average molecular weight is 481 g/mol. The maximum atomic E-state index is 14.1. The quantitative estimate of drug-likeness (QED) is 0.475. The second-order valence-corrected chi connectivity index (χ2v) is 8.07. The zero-order valence-electron chi connectivity index (χ0n) is 19.6. The summed E-state index contributed by atoms with van der Waals surface area (Å²) in [6.45, 7) is 5.79. The highest BCUT2D eigenvalue weighted by Crippen LogP contribution is 2.40. The van der Waals surface area contributed by atoms with Crippen LogP contribution in [0.1, 0.15) is 38.0 Å². The molecule has 3 rings (SSSR count). The lowest BCUT2D eigenvalue weighted by atomic mass is 9.99. The van der Waals surface area contributed by atoms with E-state index in [1.54, 1.807) is 0 Å². The zero-order chi connectivity index (χ0) is 25.0. The first-order chi connectivity index (χ1) is 16.2. The van der Waals surface area contributed by atoms with Crippen molar-refractivity contribution in [2.24, 2.45) is 0 Å². The van der Waals surface area contributed by atoms with Gasteiger partial charge in [0, 0.05) is 0 Å². The number of rotatable bonds is 9. The molecule has 3 aromatic rings. The summed E-state index contributed by atoms with van der Waals surface area (Å²) >= 11 is 0. The van der Waals surface area contributed by atoms with Crippen molar-refractivity contribution < 1.29 is 37.1 Å². The Morgan fingerprint density at radius 1 is 1.00 bits per heavy atom. The highest BCUT2D eigenvalue weighted by atomic mass is 19.4. The number of fused-ring (bicyclic) bond motifs is 1. The van der Waals surface area contributed by atoms with E-state index < -0.39 is 22.9 Å². The van der Waals surface area contributed by atoms with E-state index in [9.17, 15) is 23.1 Å². The van der Waals surface area contributed by atoms with Gasteiger partial charge in [0.2, 0.25) is 11.2 Å². The maximum Gasteiger partial charge on any atom is 0.450 e. The Kier molecular flexibility index (Phi) is 7.76. The number of phenols is 1. The number of hydrogen-bond acceptors (Lipinski definition) is 5. The molecule has 184 valence electrons. The molecule has 0 radical (unpaired) electrons. The van der Waals surface area contributed by atoms with Crippen LogP contribution in [0.2, 0.25) is 0 Å². The molecule has 0 saturated carbocycles. The Hall–Kier alpha value is -3.20. The summed E-state index contributed by atoms with van der Waals surface area (Å²) in [5, 5.41) is 10.5. The van der Waals surface area contributed by atoms with Crippen molar-refractivity contribution in [3.63, 3.8) is 0 Å². The first-order valence-corrected chi connectivity index (χ1v) is 11.1. The van der Waals surface area contributed by atoms with E-state index in [1.807, 2.05) is 13.8 Å². The molecule has 0 amide bonds. The van der Waals surface area contributed by atoms with Gasteiger partial charge in [0.05, 0.1) is 43.8 Å². The minimum atomic E-state index is -4.95. The molecule has 0 fully saturated rings. The molecule has 0 aliphatic carbocycles. The number of alkyl halides is 3. The van der Waals surface area contributed by atoms with Crippen molar-refractivity contribution in [2.75, 3.05) is 27.3 Å². The largest absolute Gasteiger partial charge is 0.507 e. The lowest BCUT2D eigenvalue weighted by Crippen LogP contribution is -3.10. The number of nitrogens with one attached hydrogen (secondary N) is 1. The summed E-state index contributed by atoms with van der Waals surface area (Å²) in [5.41, 5.74) is -1.53. The number of ether oxygens (including phenoxy) is 2. The Bertz CT molecular complexity index is 1210. The smallest absolute Gasteiger partial charge is 0.450 e. The molecule has 0 saturated heterocycles. The van der Waals surface area contributed by atoms with Gasteiger partial charge < -0.3 is 23.9 Å². The summed E-state index contributed by atoms with van der Waals surface area (Å²) in [4.78, 5) is 14.5. The fourth-order valence-electron chi connectivity index (χ4n) is 4.19. The highest BCUT2D eigenvalue weighted by Gasteiger charge is 2.40. The van der Waals surface area contributed by atoms with Crippen molar-refractivity contribution in [3.8, 4) is 28.4 Å². The minimum Gasteiger partial charge on any atom is -0.507 e. The average Bonchev–Trinajstić information content (AvgIpc) is 2.80. The van der Waals surface area contributed by atoms with Crippen LogP contribution in [0.5, 0.6) is 17.2 Å². The van der Waals surface area contributed by atoms with E-state index in [1.165, 1.54) is 44.6 Å². The van der Waals surface area contributed by atoms with E-state index in [0.29, 0.717) is 5.75 Å². The van der Waals surface area contributed by atoms with Gasteiger partial charge in [-0.05, 0) is 42.7 Å². The third-order valence-corrected chi connectivity index (χ3v) is 5.70. The second-order valence-electron chi connectivity index (χ2n) is 8.07. The second kappa shape index (κ2) is 10.4. The molecule has 1 aromatic heterocycles. The molecule has 34 heavy (non-hydrogen) atoms. The van der Waals surface area contributed by atoms with Gasteiger partial charge in [-0.2, -0.15) is 13.2 Å². The van der Waals surface area contributed by atoms with Crippen LogP contribution >= 0.6 is 0 Å². The predicted molar refractivity (Wildman–Crippen MR) is 123 cm³/mol. The minimum absolute atomic E-state index is 0.0144. The normalized spacial score (nSPS) is 11.9. The van der Waals surface area contributed by atoms with Crippen molar-refractivity contribution >= 4 is 11.0 Å².